The van der Waals surface area contributed by atoms with E-state index >= 15 is 0 Å². The molecule has 0 atom stereocenters. The summed E-state index contributed by atoms with van der Waals surface area (Å²) in [5.74, 6) is 0.376. The highest BCUT2D eigenvalue weighted by Gasteiger charge is 2.31. The van der Waals surface area contributed by atoms with Gasteiger partial charge in [-0.2, -0.15) is 0 Å². The second-order valence-corrected chi connectivity index (χ2v) is 8.63. The highest BCUT2D eigenvalue weighted by molar-refractivity contribution is 7.89. The van der Waals surface area contributed by atoms with Gasteiger partial charge in [-0.15, -0.1) is 0 Å². The molecule has 0 unspecified atom stereocenters. The van der Waals surface area contributed by atoms with Gasteiger partial charge in [0.1, 0.15) is 0 Å². The molecule has 0 aromatic heterocycles. The molecule has 0 spiro atoms. The standard InChI is InChI=1S/C15H20Cl2N4O2S/c16-11-8-12(17)10-14(9-11)24(22,23)21-7-6-20-15(21)19-5-4-18-13-2-1-3-13/h8-10,13,18H,1-7H2,(H,19,20). The molecule has 2 N–H and O–H groups in total. The van der Waals surface area contributed by atoms with Crippen molar-refractivity contribution in [3.63, 3.8) is 0 Å². The predicted octanol–water partition coefficient (Wildman–Crippen LogP) is 2.09. The summed E-state index contributed by atoms with van der Waals surface area (Å²) in [6.07, 6.45) is 3.72. The zero-order valence-electron chi connectivity index (χ0n) is 13.1. The summed E-state index contributed by atoms with van der Waals surface area (Å²) >= 11 is 11.9. The van der Waals surface area contributed by atoms with Crippen molar-refractivity contribution in [2.45, 2.75) is 30.2 Å². The van der Waals surface area contributed by atoms with Crippen LogP contribution in [0.5, 0.6) is 0 Å². The minimum atomic E-state index is -3.73. The summed E-state index contributed by atoms with van der Waals surface area (Å²) < 4.78 is 26.9. The molecule has 132 valence electrons. The fraction of sp³-hybridized carbons (Fsp3) is 0.533. The predicted molar refractivity (Wildman–Crippen MR) is 96.3 cm³/mol. The van der Waals surface area contributed by atoms with Crippen molar-refractivity contribution < 1.29 is 8.42 Å². The van der Waals surface area contributed by atoms with Gasteiger partial charge in [-0.3, -0.25) is 4.99 Å². The summed E-state index contributed by atoms with van der Waals surface area (Å²) in [6, 6.07) is 4.91. The average Bonchev–Trinajstić information content (AvgIpc) is 2.93. The largest absolute Gasteiger partial charge is 0.354 e. The molecule has 9 heteroatoms. The maximum absolute atomic E-state index is 12.8. The summed E-state index contributed by atoms with van der Waals surface area (Å²) in [4.78, 5) is 4.34. The van der Waals surface area contributed by atoms with Crippen molar-refractivity contribution in [2.24, 2.45) is 4.99 Å². The van der Waals surface area contributed by atoms with Gasteiger partial charge in [0, 0.05) is 29.2 Å². The monoisotopic (exact) mass is 390 g/mol. The Hall–Kier alpha value is -1.02. The van der Waals surface area contributed by atoms with E-state index in [0.717, 1.165) is 6.54 Å². The van der Waals surface area contributed by atoms with Crippen molar-refractivity contribution in [1.82, 2.24) is 14.9 Å². The zero-order valence-corrected chi connectivity index (χ0v) is 15.5. The molecule has 1 aliphatic carbocycles. The zero-order chi connectivity index (χ0) is 17.2. The van der Waals surface area contributed by atoms with Gasteiger partial charge in [-0.05, 0) is 31.0 Å². The third kappa shape index (κ3) is 3.96. The quantitative estimate of drug-likeness (QED) is 0.729. The molecule has 1 aliphatic heterocycles. The van der Waals surface area contributed by atoms with Crippen molar-refractivity contribution in [2.75, 3.05) is 26.2 Å². The molecule has 0 saturated heterocycles. The average molecular weight is 391 g/mol. The number of nitrogens with one attached hydrogen (secondary N) is 2. The van der Waals surface area contributed by atoms with Crippen LogP contribution in [0.3, 0.4) is 0 Å². The van der Waals surface area contributed by atoms with Gasteiger partial charge in [0.25, 0.3) is 10.0 Å². The lowest BCUT2D eigenvalue weighted by molar-refractivity contribution is 0.342. The van der Waals surface area contributed by atoms with E-state index in [0.29, 0.717) is 31.6 Å². The molecular formula is C15H20Cl2N4O2S. The number of hydrogen-bond acceptors (Lipinski definition) is 5. The van der Waals surface area contributed by atoms with E-state index in [-0.39, 0.29) is 14.9 Å². The second kappa shape index (κ2) is 7.47. The summed E-state index contributed by atoms with van der Waals surface area (Å²) in [7, 11) is -3.73. The van der Waals surface area contributed by atoms with E-state index in [1.165, 1.54) is 41.8 Å². The van der Waals surface area contributed by atoms with Crippen molar-refractivity contribution in [3.05, 3.63) is 28.2 Å². The van der Waals surface area contributed by atoms with Gasteiger partial charge in [-0.1, -0.05) is 29.6 Å². The first-order chi connectivity index (χ1) is 11.5. The van der Waals surface area contributed by atoms with Gasteiger partial charge in [0.2, 0.25) is 5.96 Å². The van der Waals surface area contributed by atoms with E-state index < -0.39 is 10.0 Å². The summed E-state index contributed by atoms with van der Waals surface area (Å²) in [6.45, 7) is 2.15. The number of sulfonamides is 1. The smallest absolute Gasteiger partial charge is 0.266 e. The Kier molecular flexibility index (Phi) is 5.54. The first kappa shape index (κ1) is 17.8. The van der Waals surface area contributed by atoms with Crippen LogP contribution in [0.4, 0.5) is 0 Å². The molecule has 0 radical (unpaired) electrons. The van der Waals surface area contributed by atoms with Crippen LogP contribution in [0.15, 0.2) is 28.1 Å². The molecule has 0 bridgehead atoms. The van der Waals surface area contributed by atoms with Gasteiger partial charge in [-0.25, -0.2) is 12.7 Å². The third-order valence-electron chi connectivity index (χ3n) is 4.17. The fourth-order valence-electron chi connectivity index (χ4n) is 2.68. The molecule has 1 saturated carbocycles. The van der Waals surface area contributed by atoms with E-state index in [1.54, 1.807) is 0 Å². The Labute approximate surface area is 152 Å². The number of rotatable bonds is 6. The van der Waals surface area contributed by atoms with E-state index in [4.69, 9.17) is 23.2 Å². The fourth-order valence-corrected chi connectivity index (χ4v) is 4.81. The van der Waals surface area contributed by atoms with Crippen molar-refractivity contribution >= 4 is 39.2 Å². The van der Waals surface area contributed by atoms with Crippen LogP contribution in [-0.4, -0.2) is 50.9 Å². The van der Waals surface area contributed by atoms with Gasteiger partial charge >= 0.3 is 0 Å². The molecular weight excluding hydrogens is 371 g/mol. The topological polar surface area (TPSA) is 73.8 Å². The second-order valence-electron chi connectivity index (χ2n) is 5.90. The number of halogens is 2. The minimum Gasteiger partial charge on any atom is -0.354 e. The highest BCUT2D eigenvalue weighted by atomic mass is 35.5. The number of hydrogen-bond donors (Lipinski definition) is 2. The molecule has 1 fully saturated rings. The van der Waals surface area contributed by atoms with Crippen LogP contribution in [0.1, 0.15) is 19.3 Å². The summed E-state index contributed by atoms with van der Waals surface area (Å²) in [5, 5.41) is 7.11. The van der Waals surface area contributed by atoms with Gasteiger partial charge in [0.05, 0.1) is 18.0 Å². The van der Waals surface area contributed by atoms with Crippen molar-refractivity contribution in [3.8, 4) is 0 Å². The van der Waals surface area contributed by atoms with Crippen LogP contribution < -0.4 is 10.6 Å². The Morgan fingerprint density at radius 1 is 1.17 bits per heavy atom. The number of aliphatic imine (C=N–C) groups is 1. The van der Waals surface area contributed by atoms with E-state index in [9.17, 15) is 8.42 Å². The maximum atomic E-state index is 12.8. The van der Waals surface area contributed by atoms with Crippen LogP contribution in [0.25, 0.3) is 0 Å². The van der Waals surface area contributed by atoms with E-state index in [2.05, 4.69) is 15.6 Å². The molecule has 1 aromatic carbocycles. The molecule has 6 nitrogen and oxygen atoms in total. The molecule has 1 heterocycles. The Bertz CT molecular complexity index is 715. The Morgan fingerprint density at radius 3 is 2.50 bits per heavy atom. The molecule has 3 rings (SSSR count). The first-order valence-corrected chi connectivity index (χ1v) is 10.2. The van der Waals surface area contributed by atoms with Crippen LogP contribution in [0.2, 0.25) is 10.0 Å². The first-order valence-electron chi connectivity index (χ1n) is 7.97. The maximum Gasteiger partial charge on any atom is 0.266 e. The molecule has 2 aliphatic rings. The molecule has 24 heavy (non-hydrogen) atoms. The SMILES string of the molecule is O=S(=O)(c1cc(Cl)cc(Cl)c1)N1CCN=C1NCCNC1CCC1. The van der Waals surface area contributed by atoms with E-state index in [1.807, 2.05) is 0 Å². The Morgan fingerprint density at radius 2 is 1.88 bits per heavy atom. The lowest BCUT2D eigenvalue weighted by atomic mass is 9.93. The number of nitrogens with zero attached hydrogens (tertiary/aromatic N) is 2. The molecule has 1 aromatic rings. The van der Waals surface area contributed by atoms with Crippen LogP contribution in [0, 0.1) is 0 Å². The lowest BCUT2D eigenvalue weighted by Crippen LogP contribution is -2.45. The van der Waals surface area contributed by atoms with Crippen molar-refractivity contribution in [1.29, 1.82) is 0 Å². The number of guanidine groups is 1. The molecule has 0 amide bonds. The van der Waals surface area contributed by atoms with Crippen LogP contribution >= 0.6 is 23.2 Å². The van der Waals surface area contributed by atoms with Gasteiger partial charge in [0.15, 0.2) is 0 Å². The Balaban J connectivity index is 1.64. The number of benzene rings is 1. The lowest BCUT2D eigenvalue weighted by Gasteiger charge is -2.27. The van der Waals surface area contributed by atoms with Gasteiger partial charge < -0.3 is 10.6 Å². The third-order valence-corrected chi connectivity index (χ3v) is 6.37. The summed E-state index contributed by atoms with van der Waals surface area (Å²) in [5.41, 5.74) is 0. The highest BCUT2D eigenvalue weighted by Crippen LogP contribution is 2.25. The minimum absolute atomic E-state index is 0.0731. The normalized spacial score (nSPS) is 18.4. The van der Waals surface area contributed by atoms with Crippen LogP contribution in [-0.2, 0) is 10.0 Å².